The van der Waals surface area contributed by atoms with Crippen molar-refractivity contribution in [3.8, 4) is 5.75 Å². The summed E-state index contributed by atoms with van der Waals surface area (Å²) in [6.45, 7) is 6.73. The summed E-state index contributed by atoms with van der Waals surface area (Å²) in [7, 11) is 0. The van der Waals surface area contributed by atoms with Crippen LogP contribution in [-0.4, -0.2) is 204 Å². The van der Waals surface area contributed by atoms with Crippen LogP contribution >= 0.6 is 0 Å². The number of hydrogen-bond donors (Lipinski definition) is 16. The van der Waals surface area contributed by atoms with E-state index in [2.05, 4.69) is 52.7 Å². The van der Waals surface area contributed by atoms with E-state index in [9.17, 15) is 74.4 Å². The largest absolute Gasteiger partial charge is 0.508 e. The molecule has 4 rings (SSSR count). The number of fused-ring (bicyclic) bond motifs is 2. The minimum atomic E-state index is -2.28. The fourth-order valence-electron chi connectivity index (χ4n) is 10.2. The number of phenolic OH excluding ortho intramolecular Hbond substituents is 1. The topological polar surface area (TPSA) is 412 Å². The van der Waals surface area contributed by atoms with Crippen LogP contribution in [0.25, 0.3) is 0 Å². The summed E-state index contributed by atoms with van der Waals surface area (Å²) in [5.41, 5.74) is 11.5. The van der Waals surface area contributed by atoms with Gasteiger partial charge in [0.1, 0.15) is 60.4 Å². The highest BCUT2D eigenvalue weighted by Crippen LogP contribution is 2.27. The van der Waals surface area contributed by atoms with E-state index in [-0.39, 0.29) is 64.2 Å². The Bertz CT molecular complexity index is 2070. The summed E-state index contributed by atoms with van der Waals surface area (Å²) in [6.07, 6.45) is -6.95. The summed E-state index contributed by atoms with van der Waals surface area (Å²) < 4.78 is 0. The Labute approximate surface area is 458 Å². The number of aliphatic hydroxyl groups is 7. The molecule has 3 fully saturated rings. The number of aromatic hydroxyl groups is 1. The van der Waals surface area contributed by atoms with E-state index in [0.717, 1.165) is 55.2 Å². The maximum absolute atomic E-state index is 14.6. The highest BCUT2D eigenvalue weighted by molar-refractivity contribution is 5.98. The first-order valence-electron chi connectivity index (χ1n) is 27.3. The smallest absolute Gasteiger partial charge is 0.248 e. The average Bonchev–Trinajstić information content (AvgIpc) is 3.99. The van der Waals surface area contributed by atoms with E-state index in [1.165, 1.54) is 30.7 Å². The van der Waals surface area contributed by atoms with Gasteiger partial charge in [0, 0.05) is 45.4 Å². The third-order valence-electron chi connectivity index (χ3n) is 14.9. The molecule has 0 spiro atoms. The van der Waals surface area contributed by atoms with Crippen LogP contribution in [0.15, 0.2) is 24.3 Å². The minimum Gasteiger partial charge on any atom is -0.508 e. The number of nitrogens with one attached hydrogen (secondary N) is 6. The number of phenols is 1. The monoisotopic (exact) mass is 1110 g/mol. The number of rotatable bonds is 23. The molecule has 3 heterocycles. The Kier molecular flexibility index (Phi) is 28.3. The molecule has 3 aliphatic rings. The van der Waals surface area contributed by atoms with Crippen molar-refractivity contribution in [2.45, 2.75) is 210 Å². The second-order valence-electron chi connectivity index (χ2n) is 21.3. The number of nitrogens with zero attached hydrogens (tertiary/aromatic N) is 2. The molecule has 0 aromatic heterocycles. The Balaban J connectivity index is 0.0000160. The van der Waals surface area contributed by atoms with Crippen LogP contribution in [0.2, 0.25) is 0 Å². The number of nitrogens with two attached hydrogens (primary N) is 2. The zero-order chi connectivity index (χ0) is 57.1. The second-order valence-corrected chi connectivity index (χ2v) is 21.3. The fraction of sp³-hybridized carbons (Fsp3) is 0.755. The Morgan fingerprint density at radius 1 is 0.718 bits per heavy atom. The molecule has 25 heteroatoms. The summed E-state index contributed by atoms with van der Waals surface area (Å²) >= 11 is 0. The number of carbonyl (C=O) groups excluding carboxylic acids is 7. The number of amides is 7. The van der Waals surface area contributed by atoms with E-state index >= 15 is 0 Å². The van der Waals surface area contributed by atoms with Crippen molar-refractivity contribution in [1.29, 1.82) is 0 Å². The number of hydrogen-bond acceptors (Lipinski definition) is 18. The quantitative estimate of drug-likeness (QED) is 0.0497. The predicted octanol–water partition coefficient (Wildman–Crippen LogP) is -2.68. The first-order chi connectivity index (χ1) is 36.5. The van der Waals surface area contributed by atoms with E-state index in [0.29, 0.717) is 24.7 Å². The lowest BCUT2D eigenvalue weighted by Crippen LogP contribution is -2.65. The molecule has 0 saturated carbocycles. The SMILES string of the molecule is C.CCC(C)CC(C)CCCCCCCCC(=O)N[C@H]1C[C@@H](O)[C@@H](NCCN)NC(=O)[C@@H]2[C@@H](O)CCN2C(=O)[C@H]([C@H](O)CCN)NC(=O)[C@H]([C@H](O)[C@@H](O)c2ccc(O)cc2)NC(=O)[C@@H]2C[C@@H](O)CN2C(=O)C([C@@H](C)O)NC1=O. The number of unbranched alkanes of at least 4 members (excludes halogenated alkanes) is 5. The minimum absolute atomic E-state index is 0. The van der Waals surface area contributed by atoms with Crippen molar-refractivity contribution in [3.63, 3.8) is 0 Å². The molecule has 16 atom stereocenters. The van der Waals surface area contributed by atoms with Gasteiger partial charge in [0.25, 0.3) is 0 Å². The third kappa shape index (κ3) is 19.3. The molecule has 0 aliphatic carbocycles. The molecular weight excluding hydrogens is 1020 g/mol. The number of benzene rings is 1. The molecule has 18 N–H and O–H groups in total. The van der Waals surface area contributed by atoms with Crippen LogP contribution in [0.5, 0.6) is 5.75 Å². The first-order valence-corrected chi connectivity index (χ1v) is 27.3. The molecule has 25 nitrogen and oxygen atoms in total. The molecule has 1 aromatic rings. The van der Waals surface area contributed by atoms with Crippen LogP contribution in [0.4, 0.5) is 0 Å². The predicted molar refractivity (Wildman–Crippen MR) is 287 cm³/mol. The Morgan fingerprint density at radius 2 is 1.33 bits per heavy atom. The Hall–Kier alpha value is -5.09. The maximum Gasteiger partial charge on any atom is 0.248 e. The van der Waals surface area contributed by atoms with Gasteiger partial charge < -0.3 is 88.7 Å². The van der Waals surface area contributed by atoms with Gasteiger partial charge in [-0.2, -0.15) is 0 Å². The lowest BCUT2D eigenvalue weighted by Gasteiger charge is -2.35. The van der Waals surface area contributed by atoms with E-state index in [1.54, 1.807) is 0 Å². The van der Waals surface area contributed by atoms with Gasteiger partial charge in [0.2, 0.25) is 41.4 Å². The molecule has 7 amide bonds. The molecule has 3 saturated heterocycles. The highest BCUT2D eigenvalue weighted by Gasteiger charge is 2.49. The van der Waals surface area contributed by atoms with Crippen LogP contribution in [0, 0.1) is 11.8 Å². The van der Waals surface area contributed by atoms with Gasteiger partial charge in [0.05, 0.1) is 30.5 Å². The molecule has 444 valence electrons. The van der Waals surface area contributed by atoms with Crippen LogP contribution in [0.3, 0.4) is 0 Å². The first kappa shape index (κ1) is 67.2. The highest BCUT2D eigenvalue weighted by atomic mass is 16.3. The van der Waals surface area contributed by atoms with E-state index < -0.39 is 146 Å². The molecule has 0 radical (unpaired) electrons. The van der Waals surface area contributed by atoms with Gasteiger partial charge in [-0.3, -0.25) is 38.9 Å². The zero-order valence-corrected chi connectivity index (χ0v) is 45.0. The summed E-state index contributed by atoms with van der Waals surface area (Å²) in [4.78, 5) is 102. The van der Waals surface area contributed by atoms with Crippen molar-refractivity contribution in [1.82, 2.24) is 41.7 Å². The van der Waals surface area contributed by atoms with Crippen molar-refractivity contribution >= 4 is 41.4 Å². The van der Waals surface area contributed by atoms with Gasteiger partial charge in [-0.15, -0.1) is 0 Å². The van der Waals surface area contributed by atoms with Crippen molar-refractivity contribution < 1.29 is 74.4 Å². The van der Waals surface area contributed by atoms with Crippen LogP contribution in [0.1, 0.15) is 137 Å². The van der Waals surface area contributed by atoms with Crippen molar-refractivity contribution in [3.05, 3.63) is 29.8 Å². The number of aliphatic hydroxyl groups excluding tert-OH is 7. The zero-order valence-electron chi connectivity index (χ0n) is 45.0. The van der Waals surface area contributed by atoms with E-state index in [4.69, 9.17) is 11.5 Å². The van der Waals surface area contributed by atoms with Crippen LogP contribution in [-0.2, 0) is 33.6 Å². The molecule has 3 unspecified atom stereocenters. The lowest BCUT2D eigenvalue weighted by molar-refractivity contribution is -0.148. The maximum atomic E-state index is 14.6. The van der Waals surface area contributed by atoms with Crippen LogP contribution < -0.4 is 43.4 Å². The fourth-order valence-corrected chi connectivity index (χ4v) is 10.2. The summed E-state index contributed by atoms with van der Waals surface area (Å²) in [5.74, 6) is -6.43. The normalized spacial score (nSPS) is 28.3. The average molecular weight is 1110 g/mol. The molecular formula is C53H92N10O15. The standard InChI is InChI=1S/C52H88N10O15.CH4/c1-5-28(2)24-29(3)12-10-8-6-7-9-11-13-39(69)56-34-26-38(68)46(55-22-21-54)60-50(75)43-37(67)19-23-61(43)52(77)41(36(66)18-20-53)58-49(74)42(45(71)44(70)31-14-16-32(64)17-15-31)59-48(73)35-25-33(65)27-62(35)51(76)40(30(4)63)57-47(34)72;/h14-17,28-30,33-38,40-46,55,63-68,70-71H,5-13,18-27,53-54H2,1-4H3,(H,56,69)(H,57,72)(H,58,74)(H,59,73)(H,60,75);1H4/t28?,29?,30-,33-,34+,35+,36-,37+,38-,40?,41+,42+,43+,44+,45+,46+;/m1./s1. The van der Waals surface area contributed by atoms with Gasteiger partial charge >= 0.3 is 0 Å². The molecule has 78 heavy (non-hydrogen) atoms. The van der Waals surface area contributed by atoms with Gasteiger partial charge in [-0.1, -0.05) is 85.3 Å². The second kappa shape index (κ2) is 32.9. The van der Waals surface area contributed by atoms with Gasteiger partial charge in [-0.25, -0.2) is 0 Å². The molecule has 3 aliphatic heterocycles. The summed E-state index contributed by atoms with van der Waals surface area (Å²) in [5, 5.41) is 104. The lowest BCUT2D eigenvalue weighted by atomic mass is 9.91. The van der Waals surface area contributed by atoms with Gasteiger partial charge in [-0.05, 0) is 68.7 Å². The van der Waals surface area contributed by atoms with E-state index in [1.807, 2.05) is 0 Å². The molecule has 0 bridgehead atoms. The molecule has 1 aromatic carbocycles. The number of carbonyl (C=O) groups is 7. The van der Waals surface area contributed by atoms with Crippen molar-refractivity contribution in [2.75, 3.05) is 32.7 Å². The summed E-state index contributed by atoms with van der Waals surface area (Å²) in [6, 6.07) is -6.40. The van der Waals surface area contributed by atoms with Crippen molar-refractivity contribution in [2.24, 2.45) is 23.3 Å². The third-order valence-corrected chi connectivity index (χ3v) is 14.9. The van der Waals surface area contributed by atoms with Gasteiger partial charge in [0.15, 0.2) is 0 Å². The Morgan fingerprint density at radius 3 is 1.96 bits per heavy atom.